The lowest BCUT2D eigenvalue weighted by Crippen LogP contribution is -2.36. The van der Waals surface area contributed by atoms with Crippen LogP contribution in [0.25, 0.3) is 0 Å². The second-order valence-corrected chi connectivity index (χ2v) is 12.5. The molecule has 3 atom stereocenters. The molecule has 10 nitrogen and oxygen atoms in total. The second-order valence-electron chi connectivity index (χ2n) is 11.2. The SMILES string of the molecule is CC(C)(C)OC(=O)NCCCCCCNC(=O)CCCCCNC(=O)CCCCC1SCC2NC(=O)NC21. The maximum absolute atomic E-state index is 12.0. The van der Waals surface area contributed by atoms with Crippen LogP contribution in [0.2, 0.25) is 0 Å². The van der Waals surface area contributed by atoms with E-state index in [9.17, 15) is 19.2 Å². The second kappa shape index (κ2) is 17.4. The summed E-state index contributed by atoms with van der Waals surface area (Å²) in [5.41, 5.74) is -0.478. The van der Waals surface area contributed by atoms with Gasteiger partial charge in [0, 0.05) is 43.5 Å². The van der Waals surface area contributed by atoms with Crippen molar-refractivity contribution in [2.75, 3.05) is 25.4 Å². The Morgan fingerprint density at radius 3 is 1.97 bits per heavy atom. The minimum Gasteiger partial charge on any atom is -0.444 e. The molecule has 0 aromatic carbocycles. The Balaban J connectivity index is 1.31. The highest BCUT2D eigenvalue weighted by Gasteiger charge is 2.42. The van der Waals surface area contributed by atoms with Crippen LogP contribution in [0.4, 0.5) is 9.59 Å². The largest absolute Gasteiger partial charge is 0.444 e. The van der Waals surface area contributed by atoms with E-state index in [0.29, 0.717) is 37.7 Å². The summed E-state index contributed by atoms with van der Waals surface area (Å²) in [5.74, 6) is 1.14. The van der Waals surface area contributed by atoms with Gasteiger partial charge in [0.1, 0.15) is 5.60 Å². The van der Waals surface area contributed by atoms with E-state index in [1.165, 1.54) is 0 Å². The van der Waals surface area contributed by atoms with Crippen molar-refractivity contribution in [1.82, 2.24) is 26.6 Å². The topological polar surface area (TPSA) is 138 Å². The standard InChI is InChI=1S/C27H49N5O5S/c1-27(2,3)37-26(36)30-18-11-5-4-10-16-28-22(33)14-7-6-12-17-29-23(34)15-9-8-13-21-24-20(19-38-21)31-25(35)32-24/h20-21,24H,4-19H2,1-3H3,(H,28,33)(H,29,34)(H,30,36)(H2,31,32,35). The van der Waals surface area contributed by atoms with Crippen molar-refractivity contribution in [3.63, 3.8) is 0 Å². The van der Waals surface area contributed by atoms with Gasteiger partial charge in [-0.05, 0) is 59.3 Å². The number of alkyl carbamates (subject to hydrolysis) is 1. The molecule has 2 aliphatic heterocycles. The monoisotopic (exact) mass is 555 g/mol. The van der Waals surface area contributed by atoms with Crippen molar-refractivity contribution in [3.05, 3.63) is 0 Å². The fraction of sp³-hybridized carbons (Fsp3) is 0.852. The first-order valence-corrected chi connectivity index (χ1v) is 15.4. The van der Waals surface area contributed by atoms with Crippen LogP contribution in [-0.2, 0) is 14.3 Å². The van der Waals surface area contributed by atoms with Gasteiger partial charge in [-0.2, -0.15) is 11.8 Å². The first-order valence-electron chi connectivity index (χ1n) is 14.3. The number of carbonyl (C=O) groups excluding carboxylic acids is 4. The Kier molecular flexibility index (Phi) is 14.7. The van der Waals surface area contributed by atoms with Gasteiger partial charge >= 0.3 is 12.1 Å². The van der Waals surface area contributed by atoms with Gasteiger partial charge in [-0.3, -0.25) is 9.59 Å². The van der Waals surface area contributed by atoms with Crippen LogP contribution in [-0.4, -0.2) is 72.3 Å². The molecule has 0 radical (unpaired) electrons. The number of amides is 5. The maximum atomic E-state index is 12.0. The van der Waals surface area contributed by atoms with Gasteiger partial charge in [0.05, 0.1) is 12.1 Å². The Bertz CT molecular complexity index is 761. The fourth-order valence-corrected chi connectivity index (χ4v) is 6.15. The quantitative estimate of drug-likeness (QED) is 0.129. The summed E-state index contributed by atoms with van der Waals surface area (Å²) in [4.78, 5) is 47.0. The number of fused-ring (bicyclic) bond motifs is 1. The number of urea groups is 1. The van der Waals surface area contributed by atoms with Crippen LogP contribution < -0.4 is 26.6 Å². The average molecular weight is 556 g/mol. The van der Waals surface area contributed by atoms with Crippen molar-refractivity contribution in [1.29, 1.82) is 0 Å². The molecule has 0 bridgehead atoms. The summed E-state index contributed by atoms with van der Waals surface area (Å²) in [5, 5.41) is 15.1. The highest BCUT2D eigenvalue weighted by Crippen LogP contribution is 2.33. The first kappa shape index (κ1) is 32.0. The molecule has 5 N–H and O–H groups in total. The third-order valence-electron chi connectivity index (χ3n) is 6.58. The summed E-state index contributed by atoms with van der Waals surface area (Å²) < 4.78 is 5.19. The van der Waals surface area contributed by atoms with Crippen LogP contribution in [0.5, 0.6) is 0 Å². The molecule has 11 heteroatoms. The molecule has 218 valence electrons. The van der Waals surface area contributed by atoms with Crippen LogP contribution in [0, 0.1) is 0 Å². The van der Waals surface area contributed by atoms with Gasteiger partial charge in [0.15, 0.2) is 0 Å². The predicted molar refractivity (Wildman–Crippen MR) is 151 cm³/mol. The number of hydrogen-bond donors (Lipinski definition) is 5. The fourth-order valence-electron chi connectivity index (χ4n) is 4.60. The molecule has 38 heavy (non-hydrogen) atoms. The maximum Gasteiger partial charge on any atom is 0.407 e. The molecule has 2 rings (SSSR count). The van der Waals surface area contributed by atoms with Crippen molar-refractivity contribution in [2.24, 2.45) is 0 Å². The Morgan fingerprint density at radius 2 is 1.37 bits per heavy atom. The van der Waals surface area contributed by atoms with Crippen molar-refractivity contribution in [3.8, 4) is 0 Å². The van der Waals surface area contributed by atoms with Gasteiger partial charge in [-0.25, -0.2) is 9.59 Å². The molecule has 0 spiro atoms. The van der Waals surface area contributed by atoms with Gasteiger partial charge in [0.2, 0.25) is 11.8 Å². The van der Waals surface area contributed by atoms with Crippen molar-refractivity contribution in [2.45, 2.75) is 121 Å². The van der Waals surface area contributed by atoms with Crippen LogP contribution in [0.15, 0.2) is 0 Å². The minimum absolute atomic E-state index is 0.0556. The van der Waals surface area contributed by atoms with E-state index >= 15 is 0 Å². The van der Waals surface area contributed by atoms with Crippen molar-refractivity contribution >= 4 is 35.7 Å². The molecule has 0 aromatic heterocycles. The zero-order valence-electron chi connectivity index (χ0n) is 23.5. The molecule has 0 aliphatic carbocycles. The van der Waals surface area contributed by atoms with E-state index in [-0.39, 0.29) is 36.0 Å². The Morgan fingerprint density at radius 1 is 0.816 bits per heavy atom. The predicted octanol–water partition coefficient (Wildman–Crippen LogP) is 3.59. The van der Waals surface area contributed by atoms with E-state index in [1.807, 2.05) is 32.5 Å². The smallest absolute Gasteiger partial charge is 0.407 e. The Hall–Kier alpha value is -2.17. The number of nitrogens with one attached hydrogen (secondary N) is 5. The molecule has 5 amide bonds. The van der Waals surface area contributed by atoms with E-state index in [0.717, 1.165) is 70.0 Å². The van der Waals surface area contributed by atoms with Gasteiger partial charge in [-0.15, -0.1) is 0 Å². The highest BCUT2D eigenvalue weighted by atomic mass is 32.2. The molecule has 2 fully saturated rings. The van der Waals surface area contributed by atoms with E-state index < -0.39 is 5.60 Å². The normalized spacial score (nSPS) is 20.3. The summed E-state index contributed by atoms with van der Waals surface area (Å²) in [6.07, 6.45) is 10.0. The van der Waals surface area contributed by atoms with Gasteiger partial charge in [-0.1, -0.05) is 25.7 Å². The summed E-state index contributed by atoms with van der Waals surface area (Å²) in [7, 11) is 0. The molecule has 2 aliphatic rings. The van der Waals surface area contributed by atoms with Crippen LogP contribution in [0.1, 0.15) is 97.8 Å². The van der Waals surface area contributed by atoms with Gasteiger partial charge in [0.25, 0.3) is 0 Å². The molecule has 0 saturated carbocycles. The summed E-state index contributed by atoms with van der Waals surface area (Å²) in [6, 6.07) is 0.430. The van der Waals surface area contributed by atoms with E-state index in [4.69, 9.17) is 4.74 Å². The third kappa shape index (κ3) is 14.1. The van der Waals surface area contributed by atoms with Crippen LogP contribution >= 0.6 is 11.8 Å². The zero-order chi connectivity index (χ0) is 27.8. The van der Waals surface area contributed by atoms with Gasteiger partial charge < -0.3 is 31.3 Å². The highest BCUT2D eigenvalue weighted by molar-refractivity contribution is 8.00. The van der Waals surface area contributed by atoms with Crippen molar-refractivity contribution < 1.29 is 23.9 Å². The first-order chi connectivity index (χ1) is 18.1. The lowest BCUT2D eigenvalue weighted by atomic mass is 10.0. The lowest BCUT2D eigenvalue weighted by Gasteiger charge is -2.19. The molecule has 3 unspecified atom stereocenters. The molecule has 0 aromatic rings. The van der Waals surface area contributed by atoms with Crippen LogP contribution in [0.3, 0.4) is 0 Å². The third-order valence-corrected chi connectivity index (χ3v) is 8.09. The van der Waals surface area contributed by atoms with E-state index in [2.05, 4.69) is 26.6 Å². The molecule has 2 heterocycles. The lowest BCUT2D eigenvalue weighted by molar-refractivity contribution is -0.122. The van der Waals surface area contributed by atoms with E-state index in [1.54, 1.807) is 0 Å². The number of carbonyl (C=O) groups is 4. The molecular weight excluding hydrogens is 506 g/mol. The minimum atomic E-state index is -0.478. The average Bonchev–Trinajstić information content (AvgIpc) is 3.38. The Labute approximate surface area is 232 Å². The number of unbranched alkanes of at least 4 members (excludes halogenated alkanes) is 6. The molecule has 2 saturated heterocycles. The number of ether oxygens (including phenoxy) is 1. The number of hydrogen-bond acceptors (Lipinski definition) is 6. The summed E-state index contributed by atoms with van der Waals surface area (Å²) in [6.45, 7) is 7.46. The zero-order valence-corrected chi connectivity index (χ0v) is 24.3. The number of rotatable bonds is 18. The number of thioether (sulfide) groups is 1. The summed E-state index contributed by atoms with van der Waals surface area (Å²) >= 11 is 1.91. The molecular formula is C27H49N5O5S.